The summed E-state index contributed by atoms with van der Waals surface area (Å²) in [7, 11) is 0. The Balaban J connectivity index is 1.52. The normalized spacial score (nSPS) is 15.9. The Bertz CT molecular complexity index is 1290. The summed E-state index contributed by atoms with van der Waals surface area (Å²) in [5.74, 6) is 0.494. The van der Waals surface area contributed by atoms with E-state index in [2.05, 4.69) is 25.6 Å². The number of nitrogens with zero attached hydrogens (tertiary/aromatic N) is 3. The van der Waals surface area contributed by atoms with Crippen LogP contribution in [0.2, 0.25) is 0 Å². The molecule has 0 spiro atoms. The standard InChI is InChI=1S/C23H25F3N6O4/c1-12(2)28-20-16-14(23(24,25)26)11-27-19(16)30-22(31-20)29-15-4-3-13(17-18(15)36-10-9-35-17)21(33)32-5-7-34-8-6-32/h3-4,11-12H,5-10H2,1-2H3,(H3,27,28,29,30,31). The Labute approximate surface area is 204 Å². The number of halogens is 3. The SMILES string of the molecule is CC(C)Nc1nc(Nc2ccc(C(=O)N3CCOCC3)c3c2OCCO3)nc2[nH]cc(C(F)(F)F)c12. The molecule has 2 aliphatic heterocycles. The van der Waals surface area contributed by atoms with Crippen LogP contribution in [0, 0.1) is 0 Å². The van der Waals surface area contributed by atoms with E-state index in [0.29, 0.717) is 49.1 Å². The van der Waals surface area contributed by atoms with Gasteiger partial charge in [-0.2, -0.15) is 23.1 Å². The van der Waals surface area contributed by atoms with Crippen LogP contribution in [0.15, 0.2) is 18.3 Å². The molecule has 192 valence electrons. The number of aromatic amines is 1. The van der Waals surface area contributed by atoms with Gasteiger partial charge < -0.3 is 34.7 Å². The number of nitrogens with one attached hydrogen (secondary N) is 3. The molecule has 3 N–H and O–H groups in total. The molecule has 1 amide bonds. The second-order valence-corrected chi connectivity index (χ2v) is 8.66. The number of benzene rings is 1. The van der Waals surface area contributed by atoms with Crippen molar-refractivity contribution in [2.45, 2.75) is 26.1 Å². The minimum atomic E-state index is -4.57. The molecule has 5 rings (SSSR count). The second kappa shape index (κ2) is 9.37. The largest absolute Gasteiger partial charge is 0.485 e. The highest BCUT2D eigenvalue weighted by Crippen LogP contribution is 2.43. The van der Waals surface area contributed by atoms with E-state index < -0.39 is 11.7 Å². The van der Waals surface area contributed by atoms with E-state index in [4.69, 9.17) is 14.2 Å². The molecule has 1 saturated heterocycles. The molecular weight excluding hydrogens is 481 g/mol. The lowest BCUT2D eigenvalue weighted by molar-refractivity contribution is -0.136. The topological polar surface area (TPSA) is 114 Å². The third-order valence-corrected chi connectivity index (χ3v) is 5.73. The third kappa shape index (κ3) is 4.57. The maximum atomic E-state index is 13.6. The van der Waals surface area contributed by atoms with Crippen LogP contribution in [0.4, 0.5) is 30.6 Å². The fraction of sp³-hybridized carbons (Fsp3) is 0.435. The lowest BCUT2D eigenvalue weighted by Gasteiger charge is -2.29. The number of hydrogen-bond donors (Lipinski definition) is 3. The van der Waals surface area contributed by atoms with Gasteiger partial charge in [-0.15, -0.1) is 0 Å². The second-order valence-electron chi connectivity index (χ2n) is 8.66. The van der Waals surface area contributed by atoms with Crippen LogP contribution in [-0.2, 0) is 10.9 Å². The number of amides is 1. The van der Waals surface area contributed by atoms with Gasteiger partial charge >= 0.3 is 6.18 Å². The van der Waals surface area contributed by atoms with Crippen molar-refractivity contribution in [3.05, 3.63) is 29.5 Å². The summed E-state index contributed by atoms with van der Waals surface area (Å²) >= 11 is 0. The van der Waals surface area contributed by atoms with Gasteiger partial charge in [-0.1, -0.05) is 0 Å². The van der Waals surface area contributed by atoms with Crippen LogP contribution in [-0.4, -0.2) is 71.3 Å². The zero-order valence-electron chi connectivity index (χ0n) is 19.7. The molecule has 36 heavy (non-hydrogen) atoms. The quantitative estimate of drug-likeness (QED) is 0.479. The first-order valence-corrected chi connectivity index (χ1v) is 11.5. The Morgan fingerprint density at radius 1 is 1.08 bits per heavy atom. The minimum absolute atomic E-state index is 0.0214. The first kappa shape index (κ1) is 24.0. The number of ether oxygens (including phenoxy) is 3. The lowest BCUT2D eigenvalue weighted by atomic mass is 10.1. The first-order chi connectivity index (χ1) is 17.2. The summed E-state index contributed by atoms with van der Waals surface area (Å²) in [6.45, 7) is 6.02. The zero-order valence-corrected chi connectivity index (χ0v) is 19.7. The van der Waals surface area contributed by atoms with E-state index in [1.807, 2.05) is 0 Å². The van der Waals surface area contributed by atoms with Crippen LogP contribution in [0.25, 0.3) is 11.0 Å². The summed E-state index contributed by atoms with van der Waals surface area (Å²) in [5.41, 5.74) is -0.0593. The Hall–Kier alpha value is -3.74. The van der Waals surface area contributed by atoms with Crippen molar-refractivity contribution in [2.75, 3.05) is 50.2 Å². The molecule has 1 fully saturated rings. The molecule has 0 radical (unpaired) electrons. The molecule has 0 atom stereocenters. The molecular formula is C23H25F3N6O4. The predicted octanol–water partition coefficient (Wildman–Crippen LogP) is 3.78. The molecule has 0 bridgehead atoms. The van der Waals surface area contributed by atoms with E-state index in [1.54, 1.807) is 30.9 Å². The summed E-state index contributed by atoms with van der Waals surface area (Å²) in [4.78, 5) is 26.0. The van der Waals surface area contributed by atoms with Crippen molar-refractivity contribution < 1.29 is 32.2 Å². The molecule has 1 aromatic carbocycles. The van der Waals surface area contributed by atoms with Crippen LogP contribution in [0.1, 0.15) is 29.8 Å². The number of aromatic nitrogens is 3. The number of H-pyrrole nitrogens is 1. The molecule has 10 nitrogen and oxygen atoms in total. The Morgan fingerprint density at radius 2 is 1.81 bits per heavy atom. The molecule has 0 saturated carbocycles. The average Bonchev–Trinajstić information content (AvgIpc) is 3.29. The number of alkyl halides is 3. The number of carbonyl (C=O) groups is 1. The van der Waals surface area contributed by atoms with Crippen LogP contribution in [0.5, 0.6) is 11.5 Å². The number of carbonyl (C=O) groups excluding carboxylic acids is 1. The summed E-state index contributed by atoms with van der Waals surface area (Å²) in [6.07, 6.45) is -3.70. The summed E-state index contributed by atoms with van der Waals surface area (Å²) in [6, 6.07) is 3.08. The molecule has 13 heteroatoms. The number of fused-ring (bicyclic) bond motifs is 2. The van der Waals surface area contributed by atoms with Gasteiger partial charge in [0.05, 0.1) is 35.4 Å². The van der Waals surface area contributed by atoms with Gasteiger partial charge in [0.25, 0.3) is 5.91 Å². The Morgan fingerprint density at radius 3 is 2.50 bits per heavy atom. The minimum Gasteiger partial charge on any atom is -0.485 e. The molecule has 3 aromatic rings. The van der Waals surface area contributed by atoms with Crippen LogP contribution >= 0.6 is 0 Å². The Kier molecular flexibility index (Phi) is 6.24. The van der Waals surface area contributed by atoms with E-state index in [0.717, 1.165) is 6.20 Å². The predicted molar refractivity (Wildman–Crippen MR) is 125 cm³/mol. The van der Waals surface area contributed by atoms with Crippen molar-refractivity contribution in [1.82, 2.24) is 19.9 Å². The smallest absolute Gasteiger partial charge is 0.418 e. The van der Waals surface area contributed by atoms with Gasteiger partial charge in [0.1, 0.15) is 24.7 Å². The summed E-state index contributed by atoms with van der Waals surface area (Å²) < 4.78 is 57.6. The maximum Gasteiger partial charge on any atom is 0.418 e. The van der Waals surface area contributed by atoms with Crippen molar-refractivity contribution in [3.63, 3.8) is 0 Å². The fourth-order valence-electron chi connectivity index (χ4n) is 4.15. The maximum absolute atomic E-state index is 13.6. The van der Waals surface area contributed by atoms with Gasteiger partial charge in [0, 0.05) is 25.3 Å². The third-order valence-electron chi connectivity index (χ3n) is 5.73. The molecule has 0 unspecified atom stereocenters. The van der Waals surface area contributed by atoms with E-state index in [9.17, 15) is 18.0 Å². The highest BCUT2D eigenvalue weighted by molar-refractivity contribution is 5.99. The van der Waals surface area contributed by atoms with E-state index in [-0.39, 0.29) is 48.0 Å². The van der Waals surface area contributed by atoms with Gasteiger partial charge in [-0.05, 0) is 26.0 Å². The van der Waals surface area contributed by atoms with Gasteiger partial charge in [-0.3, -0.25) is 4.79 Å². The zero-order chi connectivity index (χ0) is 25.4. The van der Waals surface area contributed by atoms with Crippen molar-refractivity contribution in [1.29, 1.82) is 0 Å². The van der Waals surface area contributed by atoms with Crippen molar-refractivity contribution in [3.8, 4) is 11.5 Å². The number of morpholine rings is 1. The van der Waals surface area contributed by atoms with E-state index in [1.165, 1.54) is 0 Å². The number of rotatable bonds is 5. The highest BCUT2D eigenvalue weighted by Gasteiger charge is 2.36. The monoisotopic (exact) mass is 506 g/mol. The molecule has 0 aliphatic carbocycles. The van der Waals surface area contributed by atoms with Crippen molar-refractivity contribution >= 4 is 34.4 Å². The van der Waals surface area contributed by atoms with Crippen LogP contribution in [0.3, 0.4) is 0 Å². The number of anilines is 3. The van der Waals surface area contributed by atoms with Gasteiger partial charge in [0.15, 0.2) is 11.5 Å². The first-order valence-electron chi connectivity index (χ1n) is 11.5. The molecule has 2 aliphatic rings. The van der Waals surface area contributed by atoms with Gasteiger partial charge in [0.2, 0.25) is 5.95 Å². The lowest BCUT2D eigenvalue weighted by Crippen LogP contribution is -2.41. The van der Waals surface area contributed by atoms with Crippen LogP contribution < -0.4 is 20.1 Å². The fourth-order valence-corrected chi connectivity index (χ4v) is 4.15. The highest BCUT2D eigenvalue weighted by atomic mass is 19.4. The number of hydrogen-bond acceptors (Lipinski definition) is 8. The summed E-state index contributed by atoms with van der Waals surface area (Å²) in [5, 5.41) is 5.84. The van der Waals surface area contributed by atoms with Gasteiger partial charge in [-0.25, -0.2) is 0 Å². The molecule has 2 aromatic heterocycles. The van der Waals surface area contributed by atoms with Crippen molar-refractivity contribution in [2.24, 2.45) is 0 Å². The molecule has 4 heterocycles. The average molecular weight is 506 g/mol. The van der Waals surface area contributed by atoms with E-state index >= 15 is 0 Å².